The van der Waals surface area contributed by atoms with Crippen LogP contribution in [0.1, 0.15) is 13.3 Å². The van der Waals surface area contributed by atoms with Crippen LogP contribution < -0.4 is 5.43 Å². The molecule has 0 aliphatic carbocycles. The van der Waals surface area contributed by atoms with E-state index in [1.165, 1.54) is 0 Å². The van der Waals surface area contributed by atoms with Crippen molar-refractivity contribution in [1.82, 2.24) is 5.43 Å². The molecular formula is C6H15N2O+. The molecule has 3 heteroatoms. The van der Waals surface area contributed by atoms with Crippen molar-refractivity contribution in [2.75, 3.05) is 21.1 Å². The number of rotatable bonds is 2. The molecule has 0 aromatic carbocycles. The van der Waals surface area contributed by atoms with Crippen molar-refractivity contribution in [2.24, 2.45) is 0 Å². The van der Waals surface area contributed by atoms with Crippen molar-refractivity contribution in [3.63, 3.8) is 0 Å². The first-order valence-electron chi connectivity index (χ1n) is 3.08. The molecule has 0 aliphatic heterocycles. The predicted molar refractivity (Wildman–Crippen MR) is 36.5 cm³/mol. The Labute approximate surface area is 56.2 Å². The van der Waals surface area contributed by atoms with Gasteiger partial charge in [-0.05, 0) is 0 Å². The summed E-state index contributed by atoms with van der Waals surface area (Å²) in [6, 6.07) is 0. The lowest BCUT2D eigenvalue weighted by Gasteiger charge is -2.22. The van der Waals surface area contributed by atoms with Gasteiger partial charge in [-0.1, -0.05) is 6.92 Å². The van der Waals surface area contributed by atoms with Crippen molar-refractivity contribution >= 4 is 5.91 Å². The Balaban J connectivity index is 3.60. The van der Waals surface area contributed by atoms with Gasteiger partial charge in [0.05, 0.1) is 21.1 Å². The zero-order valence-electron chi connectivity index (χ0n) is 6.56. The molecule has 0 radical (unpaired) electrons. The number of nitrogens with one attached hydrogen (secondary N) is 1. The molecule has 1 N–H and O–H groups in total. The summed E-state index contributed by atoms with van der Waals surface area (Å²) < 4.78 is 0.493. The second-order valence-corrected chi connectivity index (χ2v) is 2.90. The number of amides is 1. The summed E-state index contributed by atoms with van der Waals surface area (Å²) in [7, 11) is 5.73. The van der Waals surface area contributed by atoms with Gasteiger partial charge in [0.15, 0.2) is 0 Å². The molecule has 1 amide bonds. The molecular weight excluding hydrogens is 116 g/mol. The fraction of sp³-hybridized carbons (Fsp3) is 0.833. The molecule has 0 spiro atoms. The molecule has 9 heavy (non-hydrogen) atoms. The molecule has 0 unspecified atom stereocenters. The number of quaternary nitrogens is 1. The molecule has 0 bridgehead atoms. The van der Waals surface area contributed by atoms with Crippen LogP contribution in [0, 0.1) is 0 Å². The van der Waals surface area contributed by atoms with Gasteiger partial charge in [0.2, 0.25) is 0 Å². The zero-order chi connectivity index (χ0) is 7.49. The van der Waals surface area contributed by atoms with Crippen molar-refractivity contribution in [2.45, 2.75) is 13.3 Å². The van der Waals surface area contributed by atoms with Crippen LogP contribution in [-0.4, -0.2) is 31.6 Å². The lowest BCUT2D eigenvalue weighted by molar-refractivity contribution is -0.906. The van der Waals surface area contributed by atoms with Gasteiger partial charge < -0.3 is 0 Å². The Morgan fingerprint density at radius 2 is 1.89 bits per heavy atom. The van der Waals surface area contributed by atoms with E-state index in [1.807, 2.05) is 28.1 Å². The van der Waals surface area contributed by atoms with Crippen molar-refractivity contribution in [3.05, 3.63) is 0 Å². The first kappa shape index (κ1) is 8.43. The summed E-state index contributed by atoms with van der Waals surface area (Å²) in [6.45, 7) is 1.84. The molecule has 0 saturated heterocycles. The highest BCUT2D eigenvalue weighted by molar-refractivity contribution is 5.74. The third-order valence-electron chi connectivity index (χ3n) is 0.781. The number of nitrogens with zero attached hydrogens (tertiary/aromatic N) is 1. The Kier molecular flexibility index (Phi) is 2.65. The molecule has 0 heterocycles. The van der Waals surface area contributed by atoms with Gasteiger partial charge in [-0.2, -0.15) is 0 Å². The van der Waals surface area contributed by atoms with E-state index in [1.54, 1.807) is 0 Å². The van der Waals surface area contributed by atoms with Crippen LogP contribution in [0.15, 0.2) is 0 Å². The van der Waals surface area contributed by atoms with Gasteiger partial charge >= 0.3 is 0 Å². The minimum absolute atomic E-state index is 0.0856. The van der Waals surface area contributed by atoms with E-state index in [9.17, 15) is 4.79 Å². The largest absolute Gasteiger partial charge is 0.270 e. The average Bonchev–Trinajstić information content (AvgIpc) is 1.62. The van der Waals surface area contributed by atoms with Gasteiger partial charge in [-0.3, -0.25) is 4.79 Å². The molecule has 0 aromatic heterocycles. The maximum atomic E-state index is 10.7. The number of carbonyl (C=O) groups is 1. The minimum Gasteiger partial charge on any atom is -0.270 e. The summed E-state index contributed by atoms with van der Waals surface area (Å²) in [6.07, 6.45) is 0.551. The third kappa shape index (κ3) is 5.30. The van der Waals surface area contributed by atoms with Crippen LogP contribution in [0.5, 0.6) is 0 Å². The van der Waals surface area contributed by atoms with Crippen LogP contribution in [-0.2, 0) is 4.79 Å². The Morgan fingerprint density at radius 1 is 1.44 bits per heavy atom. The van der Waals surface area contributed by atoms with Gasteiger partial charge in [0.1, 0.15) is 0 Å². The third-order valence-corrected chi connectivity index (χ3v) is 0.781. The normalized spacial score (nSPS) is 11.1. The van der Waals surface area contributed by atoms with E-state index < -0.39 is 0 Å². The fourth-order valence-corrected chi connectivity index (χ4v) is 0.453. The molecule has 0 aliphatic rings. The molecule has 0 rings (SSSR count). The van der Waals surface area contributed by atoms with E-state index in [4.69, 9.17) is 0 Å². The standard InChI is InChI=1S/C6H14N2O/c1-5-6(9)7-8(2,3)4/h5H2,1-4H3/p+1. The van der Waals surface area contributed by atoms with Gasteiger partial charge in [0, 0.05) is 6.42 Å². The molecule has 3 nitrogen and oxygen atoms in total. The van der Waals surface area contributed by atoms with E-state index in [0.29, 0.717) is 11.0 Å². The SMILES string of the molecule is CCC(=O)N[N+](C)(C)C. The summed E-state index contributed by atoms with van der Waals surface area (Å²) in [5, 5.41) is 0. The van der Waals surface area contributed by atoms with Crippen molar-refractivity contribution in [3.8, 4) is 0 Å². The first-order valence-corrected chi connectivity index (χ1v) is 3.08. The van der Waals surface area contributed by atoms with Gasteiger partial charge in [0.25, 0.3) is 5.91 Å². The topological polar surface area (TPSA) is 29.1 Å². The summed E-state index contributed by atoms with van der Waals surface area (Å²) in [5.41, 5.74) is 2.77. The van der Waals surface area contributed by atoms with Crippen LogP contribution in [0.4, 0.5) is 0 Å². The van der Waals surface area contributed by atoms with Gasteiger partial charge in [-0.15, -0.1) is 0 Å². The molecule has 0 aromatic rings. The van der Waals surface area contributed by atoms with E-state index in [2.05, 4.69) is 5.43 Å². The van der Waals surface area contributed by atoms with Crippen LogP contribution in [0.3, 0.4) is 0 Å². The number of carbonyl (C=O) groups excluding carboxylic acids is 1. The molecule has 0 fully saturated rings. The lowest BCUT2D eigenvalue weighted by atomic mass is 10.5. The fourth-order valence-electron chi connectivity index (χ4n) is 0.453. The first-order chi connectivity index (χ1) is 3.95. The highest BCUT2D eigenvalue weighted by Crippen LogP contribution is 1.83. The lowest BCUT2D eigenvalue weighted by Crippen LogP contribution is -2.50. The summed E-state index contributed by atoms with van der Waals surface area (Å²) in [4.78, 5) is 10.7. The van der Waals surface area contributed by atoms with Crippen LogP contribution >= 0.6 is 0 Å². The van der Waals surface area contributed by atoms with Crippen LogP contribution in [0.25, 0.3) is 0 Å². The average molecular weight is 131 g/mol. The highest BCUT2D eigenvalue weighted by Gasteiger charge is 2.08. The van der Waals surface area contributed by atoms with E-state index in [0.717, 1.165) is 0 Å². The molecule has 0 saturated carbocycles. The predicted octanol–water partition coefficient (Wildman–Crippen LogP) is 0.134. The van der Waals surface area contributed by atoms with Crippen molar-refractivity contribution in [1.29, 1.82) is 0 Å². The second kappa shape index (κ2) is 2.82. The number of hydrogen-bond acceptors (Lipinski definition) is 1. The second-order valence-electron chi connectivity index (χ2n) is 2.90. The monoisotopic (exact) mass is 131 g/mol. The number of hydrogen-bond donors (Lipinski definition) is 1. The molecule has 0 atom stereocenters. The summed E-state index contributed by atoms with van der Waals surface area (Å²) >= 11 is 0. The van der Waals surface area contributed by atoms with E-state index >= 15 is 0 Å². The zero-order valence-corrected chi connectivity index (χ0v) is 6.56. The highest BCUT2D eigenvalue weighted by atomic mass is 16.2. The van der Waals surface area contributed by atoms with Crippen LogP contribution in [0.2, 0.25) is 0 Å². The maximum absolute atomic E-state index is 10.7. The Hall–Kier alpha value is -0.570. The maximum Gasteiger partial charge on any atom is 0.264 e. The Bertz CT molecular complexity index is 104. The minimum atomic E-state index is 0.0856. The summed E-state index contributed by atoms with van der Waals surface area (Å²) in [5.74, 6) is 0.0856. The Morgan fingerprint density at radius 3 is 2.00 bits per heavy atom. The smallest absolute Gasteiger partial charge is 0.264 e. The molecule has 54 valence electrons. The van der Waals surface area contributed by atoms with Gasteiger partial charge in [-0.25, -0.2) is 10.0 Å². The van der Waals surface area contributed by atoms with E-state index in [-0.39, 0.29) is 5.91 Å². The van der Waals surface area contributed by atoms with Crippen molar-refractivity contribution < 1.29 is 9.39 Å². The quantitative estimate of drug-likeness (QED) is 0.419.